The van der Waals surface area contributed by atoms with Crippen molar-refractivity contribution in [3.05, 3.63) is 114 Å². The zero-order chi connectivity index (χ0) is 24.6. The van der Waals surface area contributed by atoms with Gasteiger partial charge in [0.05, 0.1) is 11.2 Å². The molecule has 5 nitrogen and oxygen atoms in total. The number of hydrogen-bond donors (Lipinski definition) is 0. The summed E-state index contributed by atoms with van der Waals surface area (Å²) in [5, 5.41) is 1.24. The van der Waals surface area contributed by atoms with E-state index in [4.69, 9.17) is 4.99 Å². The lowest BCUT2D eigenvalue weighted by Gasteiger charge is -2.17. The smallest absolute Gasteiger partial charge is 0.277 e. The van der Waals surface area contributed by atoms with Gasteiger partial charge >= 0.3 is 0 Å². The third-order valence-corrected chi connectivity index (χ3v) is 7.00. The molecule has 1 aliphatic heterocycles. The number of fused-ring (bicyclic) bond motifs is 3. The van der Waals surface area contributed by atoms with Gasteiger partial charge in [0.25, 0.3) is 5.91 Å². The summed E-state index contributed by atoms with van der Waals surface area (Å²) >= 11 is 0. The average Bonchev–Trinajstić information content (AvgIpc) is 3.36. The van der Waals surface area contributed by atoms with Crippen molar-refractivity contribution in [2.45, 2.75) is 19.8 Å². The van der Waals surface area contributed by atoms with E-state index < -0.39 is 0 Å². The molecule has 0 N–H and O–H groups in total. The molecule has 0 unspecified atom stereocenters. The van der Waals surface area contributed by atoms with E-state index in [1.807, 2.05) is 49.2 Å². The van der Waals surface area contributed by atoms with Crippen LogP contribution < -0.4 is 0 Å². The SMILES string of the molecule is CCN1C(=O)/C(=C\C2=Cc3c(n(-c4ccccc4)c4ccccc34)CC2)N(C)C1=Nc1ccccc1. The molecule has 36 heavy (non-hydrogen) atoms. The highest BCUT2D eigenvalue weighted by Crippen LogP contribution is 2.37. The quantitative estimate of drug-likeness (QED) is 0.326. The number of amides is 1. The predicted octanol–water partition coefficient (Wildman–Crippen LogP) is 6.33. The number of aromatic nitrogens is 1. The Morgan fingerprint density at radius 1 is 0.889 bits per heavy atom. The van der Waals surface area contributed by atoms with Crippen molar-refractivity contribution < 1.29 is 4.79 Å². The third kappa shape index (κ3) is 3.64. The third-order valence-electron chi connectivity index (χ3n) is 7.00. The first kappa shape index (κ1) is 22.1. The molecule has 2 heterocycles. The van der Waals surface area contributed by atoms with Gasteiger partial charge in [-0.05, 0) is 67.8 Å². The van der Waals surface area contributed by atoms with Crippen LogP contribution in [0, 0.1) is 0 Å². The molecule has 1 saturated heterocycles. The number of guanidine groups is 1. The van der Waals surface area contributed by atoms with E-state index in [-0.39, 0.29) is 5.91 Å². The van der Waals surface area contributed by atoms with E-state index in [2.05, 4.69) is 71.3 Å². The van der Waals surface area contributed by atoms with Crippen molar-refractivity contribution >= 4 is 34.5 Å². The number of likely N-dealkylation sites (N-methyl/N-ethyl adjacent to an activating group) is 2. The molecule has 6 rings (SSSR count). The number of allylic oxidation sites excluding steroid dienone is 2. The number of rotatable bonds is 4. The largest absolute Gasteiger partial charge is 0.313 e. The standard InChI is InChI=1S/C31H28N4O/c1-3-34-30(36)29(33(2)31(34)32-23-12-6-4-7-13-23)21-22-18-19-28-26(20-22)25-16-10-11-17-27(25)35(28)24-14-8-5-9-15-24/h4-17,20-21H,3,18-19H2,1-2H3/b29-21+,32-31?. The van der Waals surface area contributed by atoms with Gasteiger partial charge in [-0.2, -0.15) is 0 Å². The van der Waals surface area contributed by atoms with Crippen LogP contribution >= 0.6 is 0 Å². The van der Waals surface area contributed by atoms with Crippen LogP contribution in [0.3, 0.4) is 0 Å². The molecule has 1 fully saturated rings. The van der Waals surface area contributed by atoms with Crippen molar-refractivity contribution in [2.24, 2.45) is 4.99 Å². The Morgan fingerprint density at radius 3 is 2.33 bits per heavy atom. The number of nitrogens with zero attached hydrogens (tertiary/aromatic N) is 4. The Kier molecular flexibility index (Phi) is 5.53. The first-order valence-corrected chi connectivity index (χ1v) is 12.4. The van der Waals surface area contributed by atoms with Crippen molar-refractivity contribution in [1.82, 2.24) is 14.4 Å². The second kappa shape index (κ2) is 9.00. The minimum absolute atomic E-state index is 0.00640. The summed E-state index contributed by atoms with van der Waals surface area (Å²) in [5.74, 6) is 0.658. The molecule has 4 aromatic rings. The van der Waals surface area contributed by atoms with Crippen LogP contribution in [-0.4, -0.2) is 39.8 Å². The fourth-order valence-corrected chi connectivity index (χ4v) is 5.27. The lowest BCUT2D eigenvalue weighted by molar-refractivity contribution is -0.122. The van der Waals surface area contributed by atoms with Crippen molar-refractivity contribution in [2.75, 3.05) is 13.6 Å². The lowest BCUT2D eigenvalue weighted by atomic mass is 9.95. The average molecular weight is 473 g/mol. The molecule has 0 atom stereocenters. The van der Waals surface area contributed by atoms with Gasteiger partial charge in [-0.25, -0.2) is 4.99 Å². The van der Waals surface area contributed by atoms with Gasteiger partial charge in [-0.1, -0.05) is 54.6 Å². The Balaban J connectivity index is 1.43. The molecule has 178 valence electrons. The Morgan fingerprint density at radius 2 is 1.58 bits per heavy atom. The first-order chi connectivity index (χ1) is 17.7. The van der Waals surface area contributed by atoms with Gasteiger partial charge < -0.3 is 9.47 Å². The molecule has 1 aliphatic carbocycles. The van der Waals surface area contributed by atoms with E-state index in [0.29, 0.717) is 18.2 Å². The highest BCUT2D eigenvalue weighted by molar-refractivity contribution is 6.14. The maximum Gasteiger partial charge on any atom is 0.277 e. The second-order valence-electron chi connectivity index (χ2n) is 9.15. The number of aliphatic imine (C=N–C) groups is 1. The molecular weight excluding hydrogens is 444 g/mol. The number of carbonyl (C=O) groups excluding carboxylic acids is 1. The van der Waals surface area contributed by atoms with Gasteiger partial charge in [-0.3, -0.25) is 9.69 Å². The van der Waals surface area contributed by atoms with Crippen LogP contribution in [0.2, 0.25) is 0 Å². The number of para-hydroxylation sites is 3. The number of benzene rings is 3. The maximum atomic E-state index is 13.4. The van der Waals surface area contributed by atoms with Crippen LogP contribution in [0.5, 0.6) is 0 Å². The summed E-state index contributed by atoms with van der Waals surface area (Å²) in [6, 6.07) is 28.9. The van der Waals surface area contributed by atoms with Crippen LogP contribution in [0.15, 0.2) is 107 Å². The molecule has 0 radical (unpaired) electrons. The van der Waals surface area contributed by atoms with Crippen LogP contribution in [-0.2, 0) is 11.2 Å². The minimum Gasteiger partial charge on any atom is -0.313 e. The lowest BCUT2D eigenvalue weighted by Crippen LogP contribution is -2.32. The normalized spacial score (nSPS) is 17.8. The highest BCUT2D eigenvalue weighted by Gasteiger charge is 2.36. The summed E-state index contributed by atoms with van der Waals surface area (Å²) in [6.07, 6.45) is 6.10. The predicted molar refractivity (Wildman–Crippen MR) is 146 cm³/mol. The fourth-order valence-electron chi connectivity index (χ4n) is 5.27. The van der Waals surface area contributed by atoms with Gasteiger partial charge in [0.1, 0.15) is 5.70 Å². The van der Waals surface area contributed by atoms with E-state index in [1.54, 1.807) is 4.90 Å². The summed E-state index contributed by atoms with van der Waals surface area (Å²) in [5.41, 5.74) is 7.60. The van der Waals surface area contributed by atoms with Crippen LogP contribution in [0.4, 0.5) is 5.69 Å². The highest BCUT2D eigenvalue weighted by atomic mass is 16.2. The Hall–Kier alpha value is -4.38. The Labute approximate surface area is 211 Å². The van der Waals surface area contributed by atoms with Crippen LogP contribution in [0.25, 0.3) is 22.7 Å². The van der Waals surface area contributed by atoms with E-state index >= 15 is 0 Å². The zero-order valence-corrected chi connectivity index (χ0v) is 20.6. The summed E-state index contributed by atoms with van der Waals surface area (Å²) < 4.78 is 2.38. The van der Waals surface area contributed by atoms with E-state index in [9.17, 15) is 4.79 Å². The Bertz CT molecular complexity index is 1540. The number of hydrogen-bond acceptors (Lipinski definition) is 2. The zero-order valence-electron chi connectivity index (χ0n) is 20.6. The molecule has 2 aliphatic rings. The second-order valence-corrected chi connectivity index (χ2v) is 9.15. The van der Waals surface area contributed by atoms with Gasteiger partial charge in [-0.15, -0.1) is 0 Å². The maximum absolute atomic E-state index is 13.4. The van der Waals surface area contributed by atoms with Gasteiger partial charge in [0, 0.05) is 35.9 Å². The van der Waals surface area contributed by atoms with Crippen molar-refractivity contribution in [3.63, 3.8) is 0 Å². The van der Waals surface area contributed by atoms with Gasteiger partial charge in [0.15, 0.2) is 0 Å². The molecule has 0 bridgehead atoms. The summed E-state index contributed by atoms with van der Waals surface area (Å²) in [6.45, 7) is 2.56. The molecule has 3 aromatic carbocycles. The molecule has 5 heteroatoms. The number of carbonyl (C=O) groups is 1. The fraction of sp³-hybridized carbons (Fsp3) is 0.161. The van der Waals surface area contributed by atoms with Gasteiger partial charge in [0.2, 0.25) is 5.96 Å². The van der Waals surface area contributed by atoms with E-state index in [0.717, 1.165) is 24.1 Å². The molecule has 1 aromatic heterocycles. The van der Waals surface area contributed by atoms with Crippen LogP contribution in [0.1, 0.15) is 24.6 Å². The minimum atomic E-state index is -0.00640. The molecule has 0 spiro atoms. The monoisotopic (exact) mass is 472 g/mol. The van der Waals surface area contributed by atoms with Crippen molar-refractivity contribution in [1.29, 1.82) is 0 Å². The molecule has 0 saturated carbocycles. The summed E-state index contributed by atoms with van der Waals surface area (Å²) in [4.78, 5) is 21.8. The molecule has 1 amide bonds. The molecular formula is C31H28N4O. The first-order valence-electron chi connectivity index (χ1n) is 12.4. The van der Waals surface area contributed by atoms with E-state index in [1.165, 1.54) is 27.8 Å². The summed E-state index contributed by atoms with van der Waals surface area (Å²) in [7, 11) is 1.93. The topological polar surface area (TPSA) is 40.8 Å². The van der Waals surface area contributed by atoms with Crippen molar-refractivity contribution in [3.8, 4) is 5.69 Å².